The zero-order chi connectivity index (χ0) is 20.1. The van der Waals surface area contributed by atoms with E-state index in [1.165, 1.54) is 0 Å². The van der Waals surface area contributed by atoms with Crippen molar-refractivity contribution in [1.29, 1.82) is 0 Å². The van der Waals surface area contributed by atoms with Crippen molar-refractivity contribution >= 4 is 21.8 Å². The Bertz CT molecular complexity index is 954. The van der Waals surface area contributed by atoms with Gasteiger partial charge in [0.1, 0.15) is 0 Å². The number of rotatable bonds is 7. The summed E-state index contributed by atoms with van der Waals surface area (Å²) in [6.45, 7) is 0.599. The lowest BCUT2D eigenvalue weighted by atomic mass is 10.1. The molecule has 0 fully saturated rings. The molecule has 7 heteroatoms. The molecule has 2 aromatic carbocycles. The van der Waals surface area contributed by atoms with Crippen LogP contribution in [0.25, 0.3) is 5.69 Å². The van der Waals surface area contributed by atoms with Gasteiger partial charge in [0.15, 0.2) is 11.5 Å². The van der Waals surface area contributed by atoms with Gasteiger partial charge in [0.2, 0.25) is 0 Å². The third kappa shape index (κ3) is 4.54. The molecule has 1 heterocycles. The molecule has 28 heavy (non-hydrogen) atoms. The van der Waals surface area contributed by atoms with Crippen LogP contribution >= 0.6 is 15.9 Å². The standard InChI is InChI=1S/C21H22BrN3O3/c1-24(11-10-15-4-9-19(27-2)20(12-15)28-3)21(26)16-5-7-18(8-6-16)25-14-17(22)13-23-25/h4-9,12-14H,10-11H2,1-3H3. The van der Waals surface area contributed by atoms with Gasteiger partial charge in [-0.25, -0.2) is 4.68 Å². The molecule has 0 aliphatic carbocycles. The molecule has 0 aliphatic rings. The molecule has 1 aromatic heterocycles. The van der Waals surface area contributed by atoms with Gasteiger partial charge in [-0.15, -0.1) is 0 Å². The number of amides is 1. The van der Waals surface area contributed by atoms with Gasteiger partial charge in [-0.1, -0.05) is 6.07 Å². The minimum absolute atomic E-state index is 0.0197. The summed E-state index contributed by atoms with van der Waals surface area (Å²) in [5.41, 5.74) is 2.62. The largest absolute Gasteiger partial charge is 0.493 e. The average Bonchev–Trinajstić information content (AvgIpc) is 3.17. The van der Waals surface area contributed by atoms with Crippen molar-refractivity contribution < 1.29 is 14.3 Å². The Hall–Kier alpha value is -2.80. The van der Waals surface area contributed by atoms with Crippen molar-refractivity contribution in [2.45, 2.75) is 6.42 Å². The Morgan fingerprint density at radius 1 is 1.11 bits per heavy atom. The third-order valence-corrected chi connectivity index (χ3v) is 4.87. The lowest BCUT2D eigenvalue weighted by Gasteiger charge is -2.18. The Kier molecular flexibility index (Phi) is 6.36. The summed E-state index contributed by atoms with van der Waals surface area (Å²) in [5.74, 6) is 1.36. The zero-order valence-corrected chi connectivity index (χ0v) is 17.6. The molecule has 0 spiro atoms. The van der Waals surface area contributed by atoms with Gasteiger partial charge in [0.05, 0.1) is 30.6 Å². The molecule has 1 amide bonds. The van der Waals surface area contributed by atoms with Crippen molar-refractivity contribution in [2.24, 2.45) is 0 Å². The minimum atomic E-state index is -0.0197. The molecule has 0 bridgehead atoms. The van der Waals surface area contributed by atoms with Gasteiger partial charge in [-0.05, 0) is 64.3 Å². The number of ether oxygens (including phenoxy) is 2. The molecular formula is C21H22BrN3O3. The van der Waals surface area contributed by atoms with Crippen molar-refractivity contribution in [1.82, 2.24) is 14.7 Å². The summed E-state index contributed by atoms with van der Waals surface area (Å²) in [7, 11) is 5.03. The number of carbonyl (C=O) groups is 1. The van der Waals surface area contributed by atoms with E-state index in [-0.39, 0.29) is 5.91 Å². The first-order valence-corrected chi connectivity index (χ1v) is 9.58. The van der Waals surface area contributed by atoms with E-state index < -0.39 is 0 Å². The van der Waals surface area contributed by atoms with E-state index in [2.05, 4.69) is 21.0 Å². The topological polar surface area (TPSA) is 56.6 Å². The van der Waals surface area contributed by atoms with Crippen LogP contribution in [-0.2, 0) is 6.42 Å². The number of nitrogens with zero attached hydrogens (tertiary/aromatic N) is 3. The Balaban J connectivity index is 1.63. The lowest BCUT2D eigenvalue weighted by molar-refractivity contribution is 0.0796. The predicted molar refractivity (Wildman–Crippen MR) is 111 cm³/mol. The van der Waals surface area contributed by atoms with Crippen LogP contribution in [0.2, 0.25) is 0 Å². The van der Waals surface area contributed by atoms with Gasteiger partial charge in [-0.2, -0.15) is 5.10 Å². The Morgan fingerprint density at radius 3 is 2.43 bits per heavy atom. The maximum Gasteiger partial charge on any atom is 0.253 e. The number of hydrogen-bond acceptors (Lipinski definition) is 4. The highest BCUT2D eigenvalue weighted by Gasteiger charge is 2.13. The van der Waals surface area contributed by atoms with Crippen LogP contribution in [0, 0.1) is 0 Å². The van der Waals surface area contributed by atoms with E-state index in [1.807, 2.05) is 55.7 Å². The SMILES string of the molecule is COc1ccc(CCN(C)C(=O)c2ccc(-n3cc(Br)cn3)cc2)cc1OC. The van der Waals surface area contributed by atoms with E-state index in [4.69, 9.17) is 9.47 Å². The zero-order valence-electron chi connectivity index (χ0n) is 16.1. The molecular weight excluding hydrogens is 422 g/mol. The maximum atomic E-state index is 12.7. The van der Waals surface area contributed by atoms with Crippen molar-refractivity contribution in [3.63, 3.8) is 0 Å². The highest BCUT2D eigenvalue weighted by Crippen LogP contribution is 2.27. The first-order chi connectivity index (χ1) is 13.5. The summed E-state index contributed by atoms with van der Waals surface area (Å²) in [6, 6.07) is 13.2. The van der Waals surface area contributed by atoms with E-state index >= 15 is 0 Å². The summed E-state index contributed by atoms with van der Waals surface area (Å²) in [5, 5.41) is 4.24. The first-order valence-electron chi connectivity index (χ1n) is 8.79. The Morgan fingerprint density at radius 2 is 1.82 bits per heavy atom. The highest BCUT2D eigenvalue weighted by atomic mass is 79.9. The monoisotopic (exact) mass is 443 g/mol. The molecule has 0 saturated carbocycles. The smallest absolute Gasteiger partial charge is 0.253 e. The maximum absolute atomic E-state index is 12.7. The van der Waals surface area contributed by atoms with Crippen molar-refractivity contribution in [2.75, 3.05) is 27.8 Å². The van der Waals surface area contributed by atoms with Crippen LogP contribution in [0.3, 0.4) is 0 Å². The molecule has 3 aromatic rings. The number of hydrogen-bond donors (Lipinski definition) is 0. The Labute approximate surface area is 172 Å². The fraction of sp³-hybridized carbons (Fsp3) is 0.238. The number of methoxy groups -OCH3 is 2. The lowest BCUT2D eigenvalue weighted by Crippen LogP contribution is -2.28. The van der Waals surface area contributed by atoms with E-state index in [0.717, 1.165) is 22.1 Å². The molecule has 0 unspecified atom stereocenters. The second-order valence-corrected chi connectivity index (χ2v) is 7.23. The second kappa shape index (κ2) is 8.93. The number of aromatic nitrogens is 2. The molecule has 0 saturated heterocycles. The highest BCUT2D eigenvalue weighted by molar-refractivity contribution is 9.10. The van der Waals surface area contributed by atoms with E-state index in [0.29, 0.717) is 23.6 Å². The predicted octanol–water partition coefficient (Wildman–Crippen LogP) is 3.97. The number of likely N-dealkylation sites (N-methyl/N-ethyl adjacent to an activating group) is 1. The van der Waals surface area contributed by atoms with Crippen molar-refractivity contribution in [3.8, 4) is 17.2 Å². The molecule has 3 rings (SSSR count). The van der Waals surface area contributed by atoms with Crippen LogP contribution in [-0.4, -0.2) is 48.4 Å². The van der Waals surface area contributed by atoms with Crippen LogP contribution in [0.4, 0.5) is 0 Å². The number of halogens is 1. The normalized spacial score (nSPS) is 10.6. The van der Waals surface area contributed by atoms with Gasteiger partial charge < -0.3 is 14.4 Å². The van der Waals surface area contributed by atoms with Crippen LogP contribution in [0.1, 0.15) is 15.9 Å². The van der Waals surface area contributed by atoms with Gasteiger partial charge in [0.25, 0.3) is 5.91 Å². The molecule has 146 valence electrons. The summed E-state index contributed by atoms with van der Waals surface area (Å²) >= 11 is 3.38. The van der Waals surface area contributed by atoms with Crippen LogP contribution in [0.5, 0.6) is 11.5 Å². The molecule has 0 aliphatic heterocycles. The van der Waals surface area contributed by atoms with Gasteiger partial charge in [0, 0.05) is 25.4 Å². The average molecular weight is 444 g/mol. The molecule has 0 N–H and O–H groups in total. The number of carbonyl (C=O) groups excluding carboxylic acids is 1. The van der Waals surface area contributed by atoms with Gasteiger partial charge in [-0.3, -0.25) is 4.79 Å². The van der Waals surface area contributed by atoms with Crippen LogP contribution < -0.4 is 9.47 Å². The fourth-order valence-corrected chi connectivity index (χ4v) is 3.14. The van der Waals surface area contributed by atoms with Crippen molar-refractivity contribution in [3.05, 3.63) is 70.5 Å². The summed E-state index contributed by atoms with van der Waals surface area (Å²) in [6.07, 6.45) is 4.31. The quantitative estimate of drug-likeness (QED) is 0.554. The van der Waals surface area contributed by atoms with E-state index in [1.54, 1.807) is 30.0 Å². The molecule has 0 radical (unpaired) electrons. The molecule has 0 atom stereocenters. The first kappa shape index (κ1) is 19.9. The minimum Gasteiger partial charge on any atom is -0.493 e. The second-order valence-electron chi connectivity index (χ2n) is 6.32. The summed E-state index contributed by atoms with van der Waals surface area (Å²) in [4.78, 5) is 14.4. The van der Waals surface area contributed by atoms with Gasteiger partial charge >= 0.3 is 0 Å². The van der Waals surface area contributed by atoms with E-state index in [9.17, 15) is 4.79 Å². The molecule has 6 nitrogen and oxygen atoms in total. The number of benzene rings is 2. The third-order valence-electron chi connectivity index (χ3n) is 4.46. The summed E-state index contributed by atoms with van der Waals surface area (Å²) < 4.78 is 13.2. The van der Waals surface area contributed by atoms with Crippen LogP contribution in [0.15, 0.2) is 59.3 Å². The fourth-order valence-electron chi connectivity index (χ4n) is 2.85.